The van der Waals surface area contributed by atoms with E-state index >= 15 is 0 Å². The largest absolute Gasteiger partial charge is 0.359 e. The Morgan fingerprint density at radius 1 is 1.64 bits per heavy atom. The van der Waals surface area contributed by atoms with Crippen LogP contribution in [-0.4, -0.2) is 17.9 Å². The molecule has 1 rings (SSSR count). The van der Waals surface area contributed by atoms with Crippen molar-refractivity contribution < 1.29 is 4.79 Å². The fourth-order valence-electron chi connectivity index (χ4n) is 1.17. The number of aromatic nitrogens is 1. The van der Waals surface area contributed by atoms with Crippen molar-refractivity contribution in [2.24, 2.45) is 5.92 Å². The van der Waals surface area contributed by atoms with E-state index in [1.807, 2.05) is 5.38 Å². The van der Waals surface area contributed by atoms with Gasteiger partial charge in [-0.25, -0.2) is 4.98 Å². The van der Waals surface area contributed by atoms with Crippen LogP contribution in [0.25, 0.3) is 0 Å². The van der Waals surface area contributed by atoms with Gasteiger partial charge in [-0.1, -0.05) is 13.8 Å². The minimum atomic E-state index is 0.0236. The van der Waals surface area contributed by atoms with Crippen molar-refractivity contribution in [3.63, 3.8) is 0 Å². The summed E-state index contributed by atoms with van der Waals surface area (Å²) in [5, 5.41) is 5.53. The summed E-state index contributed by atoms with van der Waals surface area (Å²) >= 11 is 1.56. The molecule has 0 saturated heterocycles. The molecule has 0 aliphatic rings. The van der Waals surface area contributed by atoms with Crippen LogP contribution in [0.15, 0.2) is 5.38 Å². The number of hydrogen-bond acceptors (Lipinski definition) is 3. The zero-order chi connectivity index (χ0) is 10.6. The predicted octanol–water partition coefficient (Wildman–Crippen LogP) is 1.63. The Kier molecular flexibility index (Phi) is 4.07. The van der Waals surface area contributed by atoms with Crippen molar-refractivity contribution in [3.8, 4) is 0 Å². The van der Waals surface area contributed by atoms with E-state index in [-0.39, 0.29) is 5.91 Å². The fraction of sp³-hybridized carbons (Fsp3) is 0.600. The Morgan fingerprint density at radius 3 is 2.93 bits per heavy atom. The standard InChI is InChI=1S/C10H16N2OS/c1-7(2)4-8-6-14-10(12-8)5-9(13)11-3/h6-7H,4-5H2,1-3H3,(H,11,13). The molecular formula is C10H16N2OS. The summed E-state index contributed by atoms with van der Waals surface area (Å²) in [4.78, 5) is 15.5. The lowest BCUT2D eigenvalue weighted by atomic mass is 10.1. The SMILES string of the molecule is CNC(=O)Cc1nc(CC(C)C)cs1. The molecule has 0 aliphatic heterocycles. The fourth-order valence-corrected chi connectivity index (χ4v) is 1.97. The third kappa shape index (κ3) is 3.46. The monoisotopic (exact) mass is 212 g/mol. The van der Waals surface area contributed by atoms with Crippen molar-refractivity contribution in [1.29, 1.82) is 0 Å². The maximum absolute atomic E-state index is 11.1. The smallest absolute Gasteiger partial charge is 0.226 e. The summed E-state index contributed by atoms with van der Waals surface area (Å²) in [5.41, 5.74) is 1.10. The van der Waals surface area contributed by atoms with Crippen LogP contribution in [0, 0.1) is 5.92 Å². The van der Waals surface area contributed by atoms with E-state index in [1.165, 1.54) is 0 Å². The molecule has 1 N–H and O–H groups in total. The van der Waals surface area contributed by atoms with E-state index < -0.39 is 0 Å². The molecule has 0 bridgehead atoms. The third-order valence-corrected chi connectivity index (χ3v) is 2.70. The highest BCUT2D eigenvalue weighted by Crippen LogP contribution is 2.13. The van der Waals surface area contributed by atoms with Crippen LogP contribution >= 0.6 is 11.3 Å². The van der Waals surface area contributed by atoms with Crippen LogP contribution < -0.4 is 5.32 Å². The van der Waals surface area contributed by atoms with Crippen molar-refractivity contribution in [2.45, 2.75) is 26.7 Å². The number of amides is 1. The zero-order valence-corrected chi connectivity index (χ0v) is 9.65. The molecule has 4 heteroatoms. The molecule has 0 saturated carbocycles. The van der Waals surface area contributed by atoms with Crippen molar-refractivity contribution in [1.82, 2.24) is 10.3 Å². The maximum atomic E-state index is 11.1. The summed E-state index contributed by atoms with van der Waals surface area (Å²) < 4.78 is 0. The number of nitrogens with one attached hydrogen (secondary N) is 1. The lowest BCUT2D eigenvalue weighted by Gasteiger charge is -1.99. The van der Waals surface area contributed by atoms with Crippen molar-refractivity contribution in [3.05, 3.63) is 16.1 Å². The maximum Gasteiger partial charge on any atom is 0.226 e. The molecule has 0 fully saturated rings. The van der Waals surface area contributed by atoms with E-state index in [1.54, 1.807) is 18.4 Å². The number of rotatable bonds is 4. The highest BCUT2D eigenvalue weighted by molar-refractivity contribution is 7.09. The van der Waals surface area contributed by atoms with E-state index in [4.69, 9.17) is 0 Å². The van der Waals surface area contributed by atoms with E-state index in [0.29, 0.717) is 12.3 Å². The van der Waals surface area contributed by atoms with Gasteiger partial charge in [-0.15, -0.1) is 11.3 Å². The van der Waals surface area contributed by atoms with Gasteiger partial charge in [0.2, 0.25) is 5.91 Å². The number of carbonyl (C=O) groups is 1. The van der Waals surface area contributed by atoms with E-state index in [0.717, 1.165) is 17.1 Å². The molecule has 1 heterocycles. The number of carbonyl (C=O) groups excluding carboxylic acids is 1. The summed E-state index contributed by atoms with van der Waals surface area (Å²) in [6.07, 6.45) is 1.39. The highest BCUT2D eigenvalue weighted by atomic mass is 32.1. The van der Waals surface area contributed by atoms with Gasteiger partial charge in [-0.05, 0) is 12.3 Å². The van der Waals surface area contributed by atoms with Crippen LogP contribution in [0.3, 0.4) is 0 Å². The van der Waals surface area contributed by atoms with Crippen LogP contribution in [0.2, 0.25) is 0 Å². The Hall–Kier alpha value is -0.900. The number of nitrogens with zero attached hydrogens (tertiary/aromatic N) is 1. The highest BCUT2D eigenvalue weighted by Gasteiger charge is 2.07. The molecule has 1 aromatic heterocycles. The lowest BCUT2D eigenvalue weighted by molar-refractivity contribution is -0.119. The quantitative estimate of drug-likeness (QED) is 0.824. The van der Waals surface area contributed by atoms with Gasteiger partial charge in [0.25, 0.3) is 0 Å². The van der Waals surface area contributed by atoms with Gasteiger partial charge < -0.3 is 5.32 Å². The molecule has 0 radical (unpaired) electrons. The second-order valence-electron chi connectivity index (χ2n) is 3.68. The summed E-state index contributed by atoms with van der Waals surface area (Å²) in [7, 11) is 1.64. The minimum Gasteiger partial charge on any atom is -0.359 e. The zero-order valence-electron chi connectivity index (χ0n) is 8.83. The Labute approximate surface area is 88.6 Å². The molecule has 0 aliphatic carbocycles. The molecule has 0 aromatic carbocycles. The minimum absolute atomic E-state index is 0.0236. The topological polar surface area (TPSA) is 42.0 Å². The first kappa shape index (κ1) is 11.2. The predicted molar refractivity (Wildman–Crippen MR) is 58.4 cm³/mol. The summed E-state index contributed by atoms with van der Waals surface area (Å²) in [5.74, 6) is 0.639. The Balaban J connectivity index is 2.55. The van der Waals surface area contributed by atoms with Gasteiger partial charge >= 0.3 is 0 Å². The summed E-state index contributed by atoms with van der Waals surface area (Å²) in [6, 6.07) is 0. The van der Waals surface area contributed by atoms with Gasteiger partial charge in [0.15, 0.2) is 0 Å². The summed E-state index contributed by atoms with van der Waals surface area (Å²) in [6.45, 7) is 4.33. The number of hydrogen-bond donors (Lipinski definition) is 1. The number of likely N-dealkylation sites (N-methyl/N-ethyl adjacent to an activating group) is 1. The Morgan fingerprint density at radius 2 is 2.36 bits per heavy atom. The average Bonchev–Trinajstić information content (AvgIpc) is 2.51. The molecule has 14 heavy (non-hydrogen) atoms. The van der Waals surface area contributed by atoms with Gasteiger partial charge in [0, 0.05) is 12.4 Å². The van der Waals surface area contributed by atoms with Crippen molar-refractivity contribution >= 4 is 17.2 Å². The van der Waals surface area contributed by atoms with Crippen LogP contribution in [0.4, 0.5) is 0 Å². The second-order valence-corrected chi connectivity index (χ2v) is 4.62. The molecule has 1 amide bonds. The van der Waals surface area contributed by atoms with Gasteiger partial charge in [-0.2, -0.15) is 0 Å². The molecule has 0 atom stereocenters. The molecule has 3 nitrogen and oxygen atoms in total. The van der Waals surface area contributed by atoms with E-state index in [9.17, 15) is 4.79 Å². The van der Waals surface area contributed by atoms with Crippen LogP contribution in [0.5, 0.6) is 0 Å². The normalized spacial score (nSPS) is 10.6. The van der Waals surface area contributed by atoms with Crippen LogP contribution in [0.1, 0.15) is 24.5 Å². The Bertz CT molecular complexity index is 307. The number of thiazole rings is 1. The van der Waals surface area contributed by atoms with Gasteiger partial charge in [0.1, 0.15) is 5.01 Å². The molecule has 0 spiro atoms. The second kappa shape index (κ2) is 5.10. The first-order valence-corrected chi connectivity index (χ1v) is 5.63. The first-order valence-electron chi connectivity index (χ1n) is 4.75. The molecule has 78 valence electrons. The average molecular weight is 212 g/mol. The van der Waals surface area contributed by atoms with Gasteiger partial charge in [-0.3, -0.25) is 4.79 Å². The van der Waals surface area contributed by atoms with Crippen LogP contribution in [-0.2, 0) is 17.6 Å². The molecular weight excluding hydrogens is 196 g/mol. The van der Waals surface area contributed by atoms with Crippen molar-refractivity contribution in [2.75, 3.05) is 7.05 Å². The molecule has 0 unspecified atom stereocenters. The lowest BCUT2D eigenvalue weighted by Crippen LogP contribution is -2.19. The van der Waals surface area contributed by atoms with E-state index in [2.05, 4.69) is 24.1 Å². The van der Waals surface area contributed by atoms with Gasteiger partial charge in [0.05, 0.1) is 12.1 Å². The first-order chi connectivity index (χ1) is 6.61. The molecule has 1 aromatic rings. The third-order valence-electron chi connectivity index (χ3n) is 1.81.